The van der Waals surface area contributed by atoms with Gasteiger partial charge in [0, 0.05) is 30.9 Å². The molecule has 1 saturated heterocycles. The fourth-order valence-corrected chi connectivity index (χ4v) is 2.53. The van der Waals surface area contributed by atoms with Crippen LogP contribution in [0.3, 0.4) is 0 Å². The Kier molecular flexibility index (Phi) is 4.31. The third-order valence-electron chi connectivity index (χ3n) is 3.27. The topological polar surface area (TPSA) is 58.4 Å². The van der Waals surface area contributed by atoms with Crippen LogP contribution in [0.4, 0.5) is 11.4 Å². The molecule has 19 heavy (non-hydrogen) atoms. The van der Waals surface area contributed by atoms with Crippen molar-refractivity contribution in [3.63, 3.8) is 0 Å². The van der Waals surface area contributed by atoms with E-state index in [4.69, 9.17) is 12.2 Å². The van der Waals surface area contributed by atoms with Crippen LogP contribution >= 0.6 is 12.2 Å². The van der Waals surface area contributed by atoms with Crippen LogP contribution in [-0.4, -0.2) is 28.0 Å². The van der Waals surface area contributed by atoms with Crippen LogP contribution < -0.4 is 5.32 Å². The van der Waals surface area contributed by atoms with Crippen molar-refractivity contribution >= 4 is 28.7 Å². The van der Waals surface area contributed by atoms with Crippen LogP contribution in [0, 0.1) is 16.0 Å². The first kappa shape index (κ1) is 13.7. The Morgan fingerprint density at radius 3 is 2.74 bits per heavy atom. The molecule has 0 aliphatic carbocycles. The summed E-state index contributed by atoms with van der Waals surface area (Å²) in [6, 6.07) is 6.31. The Bertz CT molecular complexity index is 475. The second-order valence-electron chi connectivity index (χ2n) is 4.93. The van der Waals surface area contributed by atoms with E-state index in [9.17, 15) is 10.1 Å². The number of nitrogens with one attached hydrogen (secondary N) is 1. The molecule has 0 bridgehead atoms. The van der Waals surface area contributed by atoms with E-state index in [0.29, 0.717) is 11.0 Å². The summed E-state index contributed by atoms with van der Waals surface area (Å²) in [4.78, 5) is 12.3. The molecule has 0 aromatic heterocycles. The van der Waals surface area contributed by atoms with E-state index in [1.54, 1.807) is 12.1 Å². The van der Waals surface area contributed by atoms with E-state index in [2.05, 4.69) is 17.1 Å². The number of nitro benzene ring substituents is 1. The van der Waals surface area contributed by atoms with Crippen molar-refractivity contribution in [3.05, 3.63) is 34.4 Å². The summed E-state index contributed by atoms with van der Waals surface area (Å²) < 4.78 is 0. The zero-order valence-electron chi connectivity index (χ0n) is 10.8. The van der Waals surface area contributed by atoms with Crippen molar-refractivity contribution in [2.75, 3.05) is 18.4 Å². The highest BCUT2D eigenvalue weighted by atomic mass is 32.1. The molecule has 6 heteroatoms. The first-order chi connectivity index (χ1) is 9.06. The molecule has 0 saturated carbocycles. The summed E-state index contributed by atoms with van der Waals surface area (Å²) in [6.07, 6.45) is 2.40. The maximum atomic E-state index is 10.6. The molecule has 1 aliphatic heterocycles. The number of hydrogen-bond acceptors (Lipinski definition) is 3. The van der Waals surface area contributed by atoms with E-state index in [1.165, 1.54) is 18.6 Å². The Morgan fingerprint density at radius 1 is 1.47 bits per heavy atom. The summed E-state index contributed by atoms with van der Waals surface area (Å²) in [6.45, 7) is 4.17. The number of likely N-dealkylation sites (tertiary alicyclic amines) is 1. The lowest BCUT2D eigenvalue weighted by molar-refractivity contribution is -0.384. The zero-order chi connectivity index (χ0) is 13.8. The molecule has 2 rings (SSSR count). The smallest absolute Gasteiger partial charge is 0.269 e. The van der Waals surface area contributed by atoms with E-state index in [1.807, 2.05) is 0 Å². The molecule has 0 unspecified atom stereocenters. The second-order valence-corrected chi connectivity index (χ2v) is 5.31. The molecule has 1 aliphatic rings. The molecule has 1 N–H and O–H groups in total. The number of piperidine rings is 1. The fraction of sp³-hybridized carbons (Fsp3) is 0.462. The minimum absolute atomic E-state index is 0.0862. The van der Waals surface area contributed by atoms with Gasteiger partial charge in [0.25, 0.3) is 5.69 Å². The largest absolute Gasteiger partial charge is 0.349 e. The zero-order valence-corrected chi connectivity index (χ0v) is 11.7. The number of thiocarbonyl (C=S) groups is 1. The van der Waals surface area contributed by atoms with Gasteiger partial charge in [0.1, 0.15) is 0 Å². The predicted molar refractivity (Wildman–Crippen MR) is 79.3 cm³/mol. The Balaban J connectivity index is 1.96. The first-order valence-electron chi connectivity index (χ1n) is 6.36. The quantitative estimate of drug-likeness (QED) is 0.512. The predicted octanol–water partition coefficient (Wildman–Crippen LogP) is 3.02. The van der Waals surface area contributed by atoms with Gasteiger partial charge >= 0.3 is 0 Å². The van der Waals surface area contributed by atoms with Crippen LogP contribution in [0.25, 0.3) is 0 Å². The van der Waals surface area contributed by atoms with Gasteiger partial charge in [-0.3, -0.25) is 10.1 Å². The molecule has 1 heterocycles. The van der Waals surface area contributed by atoms with E-state index in [-0.39, 0.29) is 5.69 Å². The molecule has 1 aromatic rings. The third-order valence-corrected chi connectivity index (χ3v) is 3.63. The van der Waals surface area contributed by atoms with Crippen LogP contribution in [0.15, 0.2) is 24.3 Å². The Labute approximate surface area is 117 Å². The van der Waals surface area contributed by atoms with Crippen LogP contribution in [0.5, 0.6) is 0 Å². The van der Waals surface area contributed by atoms with Crippen molar-refractivity contribution < 1.29 is 4.92 Å². The molecule has 0 spiro atoms. The second kappa shape index (κ2) is 5.97. The van der Waals surface area contributed by atoms with Gasteiger partial charge in [-0.15, -0.1) is 0 Å². The summed E-state index contributed by atoms with van der Waals surface area (Å²) in [5, 5.41) is 14.4. The van der Waals surface area contributed by atoms with Gasteiger partial charge in [-0.25, -0.2) is 0 Å². The number of hydrogen-bond donors (Lipinski definition) is 1. The SMILES string of the molecule is C[C@H]1CCCN(C(=S)Nc2ccc([N+](=O)[O-])cc2)C1. The molecule has 1 fully saturated rings. The Morgan fingerprint density at radius 2 is 2.16 bits per heavy atom. The highest BCUT2D eigenvalue weighted by Crippen LogP contribution is 2.19. The van der Waals surface area contributed by atoms with Gasteiger partial charge in [-0.2, -0.15) is 0 Å². The lowest BCUT2D eigenvalue weighted by Crippen LogP contribution is -2.41. The minimum atomic E-state index is -0.408. The van der Waals surface area contributed by atoms with Crippen LogP contribution in [0.1, 0.15) is 19.8 Å². The molecular formula is C13H17N3O2S. The molecule has 102 valence electrons. The molecule has 5 nitrogen and oxygen atoms in total. The van der Waals surface area contributed by atoms with Crippen LogP contribution in [0.2, 0.25) is 0 Å². The number of benzene rings is 1. The normalized spacial score (nSPS) is 19.0. The molecule has 0 radical (unpaired) electrons. The fourth-order valence-electron chi connectivity index (χ4n) is 2.24. The average molecular weight is 279 g/mol. The lowest BCUT2D eigenvalue weighted by Gasteiger charge is -2.33. The standard InChI is InChI=1S/C13H17N3O2S/c1-10-3-2-8-15(9-10)13(19)14-11-4-6-12(7-5-11)16(17)18/h4-7,10H,2-3,8-9H2,1H3,(H,14,19)/t10-/m0/s1. The van der Waals surface area contributed by atoms with Crippen molar-refractivity contribution in [3.8, 4) is 0 Å². The van der Waals surface area contributed by atoms with Gasteiger partial charge in [0.2, 0.25) is 0 Å². The van der Waals surface area contributed by atoms with Crippen molar-refractivity contribution in [1.29, 1.82) is 0 Å². The maximum absolute atomic E-state index is 10.6. The number of nitrogens with zero attached hydrogens (tertiary/aromatic N) is 2. The van der Waals surface area contributed by atoms with Gasteiger partial charge in [0.05, 0.1) is 4.92 Å². The van der Waals surface area contributed by atoms with Gasteiger partial charge in [0.15, 0.2) is 5.11 Å². The maximum Gasteiger partial charge on any atom is 0.269 e. The van der Waals surface area contributed by atoms with E-state index >= 15 is 0 Å². The molecule has 0 amide bonds. The number of rotatable bonds is 2. The highest BCUT2D eigenvalue weighted by Gasteiger charge is 2.18. The summed E-state index contributed by atoms with van der Waals surface area (Å²) >= 11 is 5.37. The summed E-state index contributed by atoms with van der Waals surface area (Å²) in [5.41, 5.74) is 0.872. The summed E-state index contributed by atoms with van der Waals surface area (Å²) in [5.74, 6) is 0.658. The van der Waals surface area contributed by atoms with E-state index in [0.717, 1.165) is 25.2 Å². The van der Waals surface area contributed by atoms with Gasteiger partial charge in [-0.05, 0) is 43.1 Å². The van der Waals surface area contributed by atoms with E-state index < -0.39 is 4.92 Å². The lowest BCUT2D eigenvalue weighted by atomic mass is 10.0. The number of nitro groups is 1. The van der Waals surface area contributed by atoms with Gasteiger partial charge < -0.3 is 10.2 Å². The molecule has 1 atom stereocenters. The Hall–Kier alpha value is -1.69. The average Bonchev–Trinajstić information content (AvgIpc) is 2.39. The number of non-ortho nitro benzene ring substituents is 1. The minimum Gasteiger partial charge on any atom is -0.349 e. The number of anilines is 1. The molecular weight excluding hydrogens is 262 g/mol. The van der Waals surface area contributed by atoms with Crippen molar-refractivity contribution in [2.45, 2.75) is 19.8 Å². The summed E-state index contributed by atoms with van der Waals surface area (Å²) in [7, 11) is 0. The third kappa shape index (κ3) is 3.64. The van der Waals surface area contributed by atoms with Crippen molar-refractivity contribution in [1.82, 2.24) is 4.90 Å². The van der Waals surface area contributed by atoms with Crippen LogP contribution in [-0.2, 0) is 0 Å². The molecule has 1 aromatic carbocycles. The first-order valence-corrected chi connectivity index (χ1v) is 6.77. The monoisotopic (exact) mass is 279 g/mol. The van der Waals surface area contributed by atoms with Crippen molar-refractivity contribution in [2.24, 2.45) is 5.92 Å². The highest BCUT2D eigenvalue weighted by molar-refractivity contribution is 7.80. The van der Waals surface area contributed by atoms with Gasteiger partial charge in [-0.1, -0.05) is 6.92 Å².